The summed E-state index contributed by atoms with van der Waals surface area (Å²) in [5.74, 6) is 0.350. The molecule has 0 aliphatic heterocycles. The molecule has 0 spiro atoms. The van der Waals surface area contributed by atoms with E-state index in [1.807, 2.05) is 0 Å². The van der Waals surface area contributed by atoms with E-state index in [1.165, 1.54) is 0 Å². The molecule has 66 valence electrons. The molecule has 0 atom stereocenters. The maximum atomic E-state index is 10.5. The van der Waals surface area contributed by atoms with E-state index < -0.39 is 10.1 Å². The van der Waals surface area contributed by atoms with Crippen LogP contribution in [-0.4, -0.2) is 14.7 Å². The molecule has 5 heteroatoms. The Balaban J connectivity index is 2.56. The molecule has 0 N–H and O–H groups in total. The van der Waals surface area contributed by atoms with Crippen molar-refractivity contribution in [2.75, 3.05) is 6.26 Å². The Bertz CT molecular complexity index is 330. The number of para-hydroxylation sites is 1. The molecule has 0 fully saturated rings. The van der Waals surface area contributed by atoms with Crippen molar-refractivity contribution >= 4 is 10.1 Å². The Hall–Kier alpha value is -1.07. The van der Waals surface area contributed by atoms with Crippen LogP contribution >= 0.6 is 0 Å². The highest BCUT2D eigenvalue weighted by molar-refractivity contribution is 7.85. The van der Waals surface area contributed by atoms with Crippen LogP contribution in [0.4, 0.5) is 0 Å². The first-order valence-corrected chi connectivity index (χ1v) is 5.01. The number of hydrogen-bond acceptors (Lipinski definition) is 4. The van der Waals surface area contributed by atoms with Crippen LogP contribution in [-0.2, 0) is 14.5 Å². The van der Waals surface area contributed by atoms with Gasteiger partial charge in [-0.1, -0.05) is 22.5 Å². The topological polar surface area (TPSA) is 52.6 Å². The van der Waals surface area contributed by atoms with Crippen LogP contribution < -0.4 is 4.89 Å². The van der Waals surface area contributed by atoms with Gasteiger partial charge in [0.2, 0.25) is 0 Å². The van der Waals surface area contributed by atoms with Crippen molar-refractivity contribution in [1.29, 1.82) is 0 Å². The zero-order valence-electron chi connectivity index (χ0n) is 6.43. The fourth-order valence-corrected chi connectivity index (χ4v) is 0.779. The van der Waals surface area contributed by atoms with Crippen LogP contribution in [0.3, 0.4) is 0 Å². The maximum absolute atomic E-state index is 10.5. The SMILES string of the molecule is CS(=O)(=O)OOc1ccccc1. The van der Waals surface area contributed by atoms with Gasteiger partial charge in [-0.3, -0.25) is 0 Å². The molecule has 1 aromatic carbocycles. The molecule has 0 unspecified atom stereocenters. The van der Waals surface area contributed by atoms with Crippen LogP contribution in [0.2, 0.25) is 0 Å². The van der Waals surface area contributed by atoms with Gasteiger partial charge in [-0.15, -0.1) is 0 Å². The fourth-order valence-electron chi connectivity index (χ4n) is 0.577. The molecule has 0 heterocycles. The molecule has 0 radical (unpaired) electrons. The van der Waals surface area contributed by atoms with Gasteiger partial charge in [0.15, 0.2) is 5.75 Å². The van der Waals surface area contributed by atoms with Crippen molar-refractivity contribution in [3.63, 3.8) is 0 Å². The van der Waals surface area contributed by atoms with Crippen molar-refractivity contribution < 1.29 is 17.6 Å². The second-order valence-corrected chi connectivity index (χ2v) is 3.71. The first-order chi connectivity index (χ1) is 5.58. The Morgan fingerprint density at radius 3 is 2.25 bits per heavy atom. The number of benzene rings is 1. The molecule has 0 saturated carbocycles. The average molecular weight is 188 g/mol. The second kappa shape index (κ2) is 3.55. The molecule has 4 nitrogen and oxygen atoms in total. The van der Waals surface area contributed by atoms with Crippen LogP contribution in [0.25, 0.3) is 0 Å². The van der Waals surface area contributed by atoms with Crippen LogP contribution in [0, 0.1) is 0 Å². The average Bonchev–Trinajstić information content (AvgIpc) is 2.02. The molecular weight excluding hydrogens is 180 g/mol. The summed E-state index contributed by atoms with van der Waals surface area (Å²) in [5.41, 5.74) is 0. The fraction of sp³-hybridized carbons (Fsp3) is 0.143. The first kappa shape index (κ1) is 9.02. The third kappa shape index (κ3) is 3.36. The van der Waals surface area contributed by atoms with Gasteiger partial charge in [0.05, 0.1) is 6.26 Å². The minimum atomic E-state index is -3.54. The molecule has 0 aliphatic carbocycles. The number of rotatable bonds is 3. The van der Waals surface area contributed by atoms with E-state index in [0.717, 1.165) is 6.26 Å². The van der Waals surface area contributed by atoms with Gasteiger partial charge in [0, 0.05) is 0 Å². The third-order valence-corrected chi connectivity index (χ3v) is 1.31. The van der Waals surface area contributed by atoms with Gasteiger partial charge < -0.3 is 4.89 Å². The lowest BCUT2D eigenvalue weighted by Gasteiger charge is -2.00. The predicted octanol–water partition coefficient (Wildman–Crippen LogP) is 0.957. The molecule has 1 rings (SSSR count). The molecule has 0 bridgehead atoms. The summed E-state index contributed by atoms with van der Waals surface area (Å²) in [5, 5.41) is 0. The molecule has 1 aromatic rings. The van der Waals surface area contributed by atoms with E-state index in [2.05, 4.69) is 9.22 Å². The molecule has 0 amide bonds. The van der Waals surface area contributed by atoms with Crippen molar-refractivity contribution in [2.45, 2.75) is 0 Å². The summed E-state index contributed by atoms with van der Waals surface area (Å²) in [6.07, 6.45) is 0.913. The van der Waals surface area contributed by atoms with Crippen LogP contribution in [0.15, 0.2) is 30.3 Å². The van der Waals surface area contributed by atoms with Crippen molar-refractivity contribution in [2.24, 2.45) is 0 Å². The summed E-state index contributed by atoms with van der Waals surface area (Å²) in [4.78, 5) is 4.48. The summed E-state index contributed by atoms with van der Waals surface area (Å²) in [6, 6.07) is 8.38. The van der Waals surface area contributed by atoms with Gasteiger partial charge in [0.1, 0.15) is 0 Å². The van der Waals surface area contributed by atoms with E-state index in [4.69, 9.17) is 0 Å². The highest BCUT2D eigenvalue weighted by atomic mass is 32.2. The predicted molar refractivity (Wildman–Crippen MR) is 43.0 cm³/mol. The van der Waals surface area contributed by atoms with Crippen molar-refractivity contribution in [1.82, 2.24) is 0 Å². The van der Waals surface area contributed by atoms with E-state index >= 15 is 0 Å². The standard InChI is InChI=1S/C7H8O4S/c1-12(8,9)11-10-7-5-3-2-4-6-7/h2-6H,1H3. The lowest BCUT2D eigenvalue weighted by atomic mass is 10.3. The largest absolute Gasteiger partial charge is 0.321 e. The van der Waals surface area contributed by atoms with Gasteiger partial charge >= 0.3 is 0 Å². The van der Waals surface area contributed by atoms with Crippen molar-refractivity contribution in [3.8, 4) is 5.75 Å². The van der Waals surface area contributed by atoms with E-state index in [-0.39, 0.29) is 0 Å². The minimum absolute atomic E-state index is 0.350. The van der Waals surface area contributed by atoms with Gasteiger partial charge in [-0.05, 0) is 12.1 Å². The molecular formula is C7H8O4S. The smallest absolute Gasteiger partial charge is 0.300 e. The third-order valence-electron chi connectivity index (χ3n) is 0.997. The van der Waals surface area contributed by atoms with Gasteiger partial charge in [-0.25, -0.2) is 0 Å². The Labute approximate surface area is 70.8 Å². The minimum Gasteiger partial charge on any atom is -0.321 e. The van der Waals surface area contributed by atoms with Crippen LogP contribution in [0.5, 0.6) is 5.75 Å². The monoisotopic (exact) mass is 188 g/mol. The summed E-state index contributed by atoms with van der Waals surface area (Å²) < 4.78 is 25.0. The zero-order valence-corrected chi connectivity index (χ0v) is 7.24. The summed E-state index contributed by atoms with van der Waals surface area (Å²) >= 11 is 0. The van der Waals surface area contributed by atoms with E-state index in [9.17, 15) is 8.42 Å². The maximum Gasteiger partial charge on any atom is 0.300 e. The quantitative estimate of drug-likeness (QED) is 0.523. The lowest BCUT2D eigenvalue weighted by molar-refractivity contribution is -0.0916. The Morgan fingerprint density at radius 2 is 1.75 bits per heavy atom. The normalized spacial score (nSPS) is 11.1. The van der Waals surface area contributed by atoms with E-state index in [1.54, 1.807) is 30.3 Å². The van der Waals surface area contributed by atoms with Gasteiger partial charge in [-0.2, -0.15) is 8.42 Å². The van der Waals surface area contributed by atoms with Crippen LogP contribution in [0.1, 0.15) is 0 Å². The molecule has 0 aromatic heterocycles. The van der Waals surface area contributed by atoms with Crippen molar-refractivity contribution in [3.05, 3.63) is 30.3 Å². The van der Waals surface area contributed by atoms with E-state index in [0.29, 0.717) is 5.75 Å². The lowest BCUT2D eigenvalue weighted by Crippen LogP contribution is -2.05. The summed E-state index contributed by atoms with van der Waals surface area (Å²) in [6.45, 7) is 0. The summed E-state index contributed by atoms with van der Waals surface area (Å²) in [7, 11) is -3.54. The second-order valence-electron chi connectivity index (χ2n) is 2.17. The highest BCUT2D eigenvalue weighted by Gasteiger charge is 2.02. The van der Waals surface area contributed by atoms with Gasteiger partial charge in [0.25, 0.3) is 10.1 Å². The molecule has 0 saturated heterocycles. The number of hydrogen-bond donors (Lipinski definition) is 0. The molecule has 12 heavy (non-hydrogen) atoms. The Morgan fingerprint density at radius 1 is 1.17 bits per heavy atom. The Kier molecular flexibility index (Phi) is 2.67. The molecule has 0 aliphatic rings. The zero-order chi connectivity index (χ0) is 9.03. The highest BCUT2D eigenvalue weighted by Crippen LogP contribution is 2.09. The first-order valence-electron chi connectivity index (χ1n) is 3.19.